The van der Waals surface area contributed by atoms with Gasteiger partial charge in [-0.2, -0.15) is 0 Å². The van der Waals surface area contributed by atoms with E-state index in [0.29, 0.717) is 18.8 Å². The number of hydrogen-bond donors (Lipinski definition) is 0. The van der Waals surface area contributed by atoms with E-state index in [0.717, 1.165) is 16.9 Å². The number of ether oxygens (including phenoxy) is 1. The monoisotopic (exact) mass is 380 g/mol. The lowest BCUT2D eigenvalue weighted by Crippen LogP contribution is -2.37. The molecule has 1 fully saturated rings. The van der Waals surface area contributed by atoms with Crippen LogP contribution < -0.4 is 14.5 Å². The number of para-hydroxylation sites is 2. The third kappa shape index (κ3) is 4.19. The Balaban J connectivity index is 1.81. The first-order valence-electron chi connectivity index (χ1n) is 9.84. The van der Waals surface area contributed by atoms with Crippen molar-refractivity contribution >= 4 is 23.2 Å². The van der Waals surface area contributed by atoms with Crippen LogP contribution in [-0.4, -0.2) is 31.0 Å². The highest BCUT2D eigenvalue weighted by atomic mass is 16.5. The molecule has 0 aromatic heterocycles. The molecule has 1 saturated heterocycles. The number of aryl methyl sites for hydroxylation is 1. The van der Waals surface area contributed by atoms with Crippen LogP contribution in [0.25, 0.3) is 0 Å². The fourth-order valence-corrected chi connectivity index (χ4v) is 3.62. The lowest BCUT2D eigenvalue weighted by Gasteiger charge is -2.25. The summed E-state index contributed by atoms with van der Waals surface area (Å²) < 4.78 is 5.86. The smallest absolute Gasteiger partial charge is 0.232 e. The fraction of sp³-hybridized carbons (Fsp3) is 0.391. The Kier molecular flexibility index (Phi) is 6.02. The minimum absolute atomic E-state index is 0.00758. The Morgan fingerprint density at radius 2 is 1.96 bits per heavy atom. The quantitative estimate of drug-likeness (QED) is 0.755. The number of carbonyl (C=O) groups excluding carboxylic acids is 2. The zero-order chi connectivity index (χ0) is 20.3. The highest BCUT2D eigenvalue weighted by Gasteiger charge is 2.38. The molecule has 0 radical (unpaired) electrons. The maximum Gasteiger partial charge on any atom is 0.232 e. The van der Waals surface area contributed by atoms with Crippen LogP contribution in [0.15, 0.2) is 48.5 Å². The third-order valence-electron chi connectivity index (χ3n) is 4.89. The van der Waals surface area contributed by atoms with Gasteiger partial charge in [0, 0.05) is 25.2 Å². The van der Waals surface area contributed by atoms with Crippen LogP contribution in [0.5, 0.6) is 5.75 Å². The molecule has 2 amide bonds. The summed E-state index contributed by atoms with van der Waals surface area (Å²) in [7, 11) is 0. The van der Waals surface area contributed by atoms with Crippen molar-refractivity contribution in [3.8, 4) is 5.75 Å². The van der Waals surface area contributed by atoms with Gasteiger partial charge in [-0.1, -0.05) is 24.3 Å². The standard InChI is InChI=1S/C23H28N2O3/c1-5-24(19-10-8-9-17(4)13-19)23(27)18-14-22(26)25(15-18)20-11-6-7-12-21(20)28-16(2)3/h6-13,16,18H,5,14-15H2,1-4H3. The van der Waals surface area contributed by atoms with Crippen molar-refractivity contribution in [1.82, 2.24) is 0 Å². The first-order valence-corrected chi connectivity index (χ1v) is 9.84. The van der Waals surface area contributed by atoms with Crippen molar-refractivity contribution in [3.05, 3.63) is 54.1 Å². The van der Waals surface area contributed by atoms with Crippen LogP contribution in [-0.2, 0) is 9.59 Å². The molecule has 0 spiro atoms. The van der Waals surface area contributed by atoms with E-state index in [1.807, 2.05) is 76.2 Å². The summed E-state index contributed by atoms with van der Waals surface area (Å²) >= 11 is 0. The highest BCUT2D eigenvalue weighted by molar-refractivity contribution is 6.05. The van der Waals surface area contributed by atoms with Gasteiger partial charge >= 0.3 is 0 Å². The van der Waals surface area contributed by atoms with Gasteiger partial charge in [0.05, 0.1) is 17.7 Å². The second kappa shape index (κ2) is 8.46. The number of anilines is 2. The van der Waals surface area contributed by atoms with E-state index in [9.17, 15) is 9.59 Å². The van der Waals surface area contributed by atoms with E-state index >= 15 is 0 Å². The molecule has 0 N–H and O–H groups in total. The molecule has 148 valence electrons. The number of amides is 2. The van der Waals surface area contributed by atoms with Crippen LogP contribution in [0, 0.1) is 12.8 Å². The van der Waals surface area contributed by atoms with Gasteiger partial charge in [-0.3, -0.25) is 9.59 Å². The molecule has 0 bridgehead atoms. The molecule has 3 rings (SSSR count). The van der Waals surface area contributed by atoms with Gasteiger partial charge in [-0.15, -0.1) is 0 Å². The molecule has 1 unspecified atom stereocenters. The van der Waals surface area contributed by atoms with Crippen LogP contribution >= 0.6 is 0 Å². The maximum absolute atomic E-state index is 13.2. The zero-order valence-corrected chi connectivity index (χ0v) is 17.0. The predicted molar refractivity (Wildman–Crippen MR) is 112 cm³/mol. The Hall–Kier alpha value is -2.82. The maximum atomic E-state index is 13.2. The largest absolute Gasteiger partial charge is 0.489 e. The minimum Gasteiger partial charge on any atom is -0.489 e. The van der Waals surface area contributed by atoms with Crippen molar-refractivity contribution < 1.29 is 14.3 Å². The molecule has 5 heteroatoms. The average Bonchev–Trinajstić information content (AvgIpc) is 3.04. The first-order chi connectivity index (χ1) is 13.4. The van der Waals surface area contributed by atoms with Gasteiger partial charge in [0.25, 0.3) is 0 Å². The molecule has 5 nitrogen and oxygen atoms in total. The summed E-state index contributed by atoms with van der Waals surface area (Å²) in [5.74, 6) is 0.259. The second-order valence-corrected chi connectivity index (χ2v) is 7.46. The minimum atomic E-state index is -0.361. The Labute approximate surface area is 166 Å². The number of rotatable bonds is 6. The van der Waals surface area contributed by atoms with E-state index in [1.54, 1.807) is 9.80 Å². The van der Waals surface area contributed by atoms with Crippen molar-refractivity contribution in [2.24, 2.45) is 5.92 Å². The third-order valence-corrected chi connectivity index (χ3v) is 4.89. The number of nitrogens with zero attached hydrogens (tertiary/aromatic N) is 2. The normalized spacial score (nSPS) is 16.5. The zero-order valence-electron chi connectivity index (χ0n) is 17.0. The summed E-state index contributed by atoms with van der Waals surface area (Å²) in [6, 6.07) is 15.4. The molecule has 1 aliphatic rings. The van der Waals surface area contributed by atoms with Crippen molar-refractivity contribution in [2.45, 2.75) is 40.2 Å². The number of carbonyl (C=O) groups is 2. The molecule has 1 atom stereocenters. The molecular weight excluding hydrogens is 352 g/mol. The van der Waals surface area contributed by atoms with E-state index in [-0.39, 0.29) is 30.3 Å². The average molecular weight is 380 g/mol. The second-order valence-electron chi connectivity index (χ2n) is 7.46. The van der Waals surface area contributed by atoms with Gasteiger partial charge in [-0.05, 0) is 57.5 Å². The lowest BCUT2D eigenvalue weighted by molar-refractivity contribution is -0.124. The lowest BCUT2D eigenvalue weighted by atomic mass is 10.1. The summed E-state index contributed by atoms with van der Waals surface area (Å²) in [4.78, 5) is 29.4. The highest BCUT2D eigenvalue weighted by Crippen LogP contribution is 2.34. The number of hydrogen-bond acceptors (Lipinski definition) is 3. The van der Waals surface area contributed by atoms with Gasteiger partial charge in [-0.25, -0.2) is 0 Å². The summed E-state index contributed by atoms with van der Waals surface area (Å²) in [6.45, 7) is 8.82. The Morgan fingerprint density at radius 3 is 2.64 bits per heavy atom. The SMILES string of the molecule is CCN(C(=O)C1CC(=O)N(c2ccccc2OC(C)C)C1)c1cccc(C)c1. The molecule has 0 saturated carbocycles. The van der Waals surface area contributed by atoms with E-state index in [1.165, 1.54) is 0 Å². The molecule has 28 heavy (non-hydrogen) atoms. The molecule has 0 aliphatic carbocycles. The molecule has 1 aliphatic heterocycles. The summed E-state index contributed by atoms with van der Waals surface area (Å²) in [6.07, 6.45) is 0.227. The van der Waals surface area contributed by atoms with Gasteiger partial charge in [0.2, 0.25) is 11.8 Å². The van der Waals surface area contributed by atoms with Crippen LogP contribution in [0.1, 0.15) is 32.8 Å². The predicted octanol–water partition coefficient (Wildman–Crippen LogP) is 4.19. The van der Waals surface area contributed by atoms with Crippen LogP contribution in [0.4, 0.5) is 11.4 Å². The van der Waals surface area contributed by atoms with Crippen molar-refractivity contribution in [3.63, 3.8) is 0 Å². The van der Waals surface area contributed by atoms with Crippen molar-refractivity contribution in [1.29, 1.82) is 0 Å². The number of benzene rings is 2. The summed E-state index contributed by atoms with van der Waals surface area (Å²) in [5.41, 5.74) is 2.71. The molecular formula is C23H28N2O3. The molecule has 2 aromatic carbocycles. The molecule has 1 heterocycles. The fourth-order valence-electron chi connectivity index (χ4n) is 3.62. The first kappa shape index (κ1) is 19.9. The van der Waals surface area contributed by atoms with E-state index in [4.69, 9.17) is 4.74 Å². The van der Waals surface area contributed by atoms with Gasteiger partial charge in [0.1, 0.15) is 5.75 Å². The van der Waals surface area contributed by atoms with Gasteiger partial charge in [0.15, 0.2) is 0 Å². The van der Waals surface area contributed by atoms with Crippen LogP contribution in [0.3, 0.4) is 0 Å². The van der Waals surface area contributed by atoms with Crippen molar-refractivity contribution in [2.75, 3.05) is 22.9 Å². The van der Waals surface area contributed by atoms with Gasteiger partial charge < -0.3 is 14.5 Å². The Morgan fingerprint density at radius 1 is 1.21 bits per heavy atom. The molecule has 2 aromatic rings. The summed E-state index contributed by atoms with van der Waals surface area (Å²) in [5, 5.41) is 0. The van der Waals surface area contributed by atoms with E-state index in [2.05, 4.69) is 0 Å². The topological polar surface area (TPSA) is 49.9 Å². The van der Waals surface area contributed by atoms with E-state index < -0.39 is 0 Å². The van der Waals surface area contributed by atoms with Crippen LogP contribution in [0.2, 0.25) is 0 Å². The Bertz CT molecular complexity index is 862.